The van der Waals surface area contributed by atoms with Crippen LogP contribution in [0.3, 0.4) is 0 Å². The molecule has 31 heavy (non-hydrogen) atoms. The first-order valence-electron chi connectivity index (χ1n) is 9.59. The second-order valence-corrected chi connectivity index (χ2v) is 7.61. The maximum Gasteiger partial charge on any atom is 0.276 e. The van der Waals surface area contributed by atoms with E-state index in [1.807, 2.05) is 6.92 Å². The molecule has 0 radical (unpaired) electrons. The van der Waals surface area contributed by atoms with E-state index in [1.165, 1.54) is 6.07 Å². The zero-order valence-corrected chi connectivity index (χ0v) is 18.0. The molecule has 5 nitrogen and oxygen atoms in total. The number of aliphatic imine (C=N–C) groups is 1. The van der Waals surface area contributed by atoms with Gasteiger partial charge in [-0.25, -0.2) is 8.78 Å². The minimum atomic E-state index is -0.786. The van der Waals surface area contributed by atoms with Gasteiger partial charge in [-0.2, -0.15) is 4.98 Å². The molecule has 0 bridgehead atoms. The summed E-state index contributed by atoms with van der Waals surface area (Å²) in [4.78, 5) is 21.0. The lowest BCUT2D eigenvalue weighted by Crippen LogP contribution is -2.22. The molecule has 1 aromatic heterocycles. The number of fused-ring (bicyclic) bond motifs is 3. The standard InChI is InChI=1S/C22H17Cl2F2N3O2/c1-2-31-9-8-12-11-29-16-7-6-13(23)20(24)19(16)21(27-10-17(29)28-22(12)30)18-14(25)4-3-5-15(18)26/h3-7,11H,2,8-10H2,1H3. The molecule has 3 aromatic rings. The highest BCUT2D eigenvalue weighted by molar-refractivity contribution is 6.45. The van der Waals surface area contributed by atoms with Gasteiger partial charge in [-0.15, -0.1) is 0 Å². The first-order valence-corrected chi connectivity index (χ1v) is 10.3. The van der Waals surface area contributed by atoms with E-state index in [9.17, 15) is 13.6 Å². The van der Waals surface area contributed by atoms with Gasteiger partial charge in [-0.05, 0) is 31.2 Å². The van der Waals surface area contributed by atoms with Gasteiger partial charge in [0.05, 0.1) is 40.2 Å². The molecular formula is C22H17Cl2F2N3O2. The minimum absolute atomic E-state index is 0.00640. The lowest BCUT2D eigenvalue weighted by atomic mass is 9.99. The summed E-state index contributed by atoms with van der Waals surface area (Å²) < 4.78 is 36.3. The Morgan fingerprint density at radius 3 is 2.58 bits per heavy atom. The predicted molar refractivity (Wildman–Crippen MR) is 116 cm³/mol. The van der Waals surface area contributed by atoms with E-state index in [0.717, 1.165) is 12.1 Å². The van der Waals surface area contributed by atoms with E-state index in [2.05, 4.69) is 9.98 Å². The lowest BCUT2D eigenvalue weighted by molar-refractivity contribution is 0.150. The monoisotopic (exact) mass is 463 g/mol. The van der Waals surface area contributed by atoms with Crippen molar-refractivity contribution in [2.45, 2.75) is 19.9 Å². The summed E-state index contributed by atoms with van der Waals surface area (Å²) in [5, 5.41) is 0.307. The maximum atomic E-state index is 14.6. The average Bonchev–Trinajstić information content (AvgIpc) is 2.88. The molecule has 0 N–H and O–H groups in total. The molecule has 0 saturated heterocycles. The highest BCUT2D eigenvalue weighted by atomic mass is 35.5. The van der Waals surface area contributed by atoms with E-state index in [-0.39, 0.29) is 33.4 Å². The van der Waals surface area contributed by atoms with Crippen LogP contribution < -0.4 is 5.56 Å². The van der Waals surface area contributed by atoms with Gasteiger partial charge in [0.2, 0.25) is 0 Å². The normalized spacial score (nSPS) is 12.7. The number of aromatic nitrogens is 2. The van der Waals surface area contributed by atoms with Crippen LogP contribution >= 0.6 is 23.2 Å². The Kier molecular flexibility index (Phi) is 6.18. The second kappa shape index (κ2) is 8.86. The van der Waals surface area contributed by atoms with Crippen LogP contribution in [-0.4, -0.2) is 28.5 Å². The van der Waals surface area contributed by atoms with Crippen LogP contribution in [0.5, 0.6) is 0 Å². The van der Waals surface area contributed by atoms with E-state index in [0.29, 0.717) is 36.7 Å². The van der Waals surface area contributed by atoms with Crippen molar-refractivity contribution in [1.29, 1.82) is 0 Å². The fourth-order valence-corrected chi connectivity index (χ4v) is 3.88. The van der Waals surface area contributed by atoms with E-state index < -0.39 is 17.2 Å². The number of hydrogen-bond acceptors (Lipinski definition) is 4. The summed E-state index contributed by atoms with van der Waals surface area (Å²) in [6.07, 6.45) is 2.01. The number of benzene rings is 2. The van der Waals surface area contributed by atoms with Crippen LogP contribution in [0, 0.1) is 11.6 Å². The molecule has 2 aromatic carbocycles. The Labute approximate surface area is 186 Å². The second-order valence-electron chi connectivity index (χ2n) is 6.82. The zero-order valence-electron chi connectivity index (χ0n) is 16.5. The SMILES string of the molecule is CCOCCc1cn2c(nc1=O)CN=C(c1c(F)cccc1F)c1c-2ccc(Cl)c1Cl. The summed E-state index contributed by atoms with van der Waals surface area (Å²) >= 11 is 12.7. The summed E-state index contributed by atoms with van der Waals surface area (Å²) in [6.45, 7) is 2.68. The molecule has 0 fully saturated rings. The Morgan fingerprint density at radius 1 is 1.13 bits per heavy atom. The van der Waals surface area contributed by atoms with Gasteiger partial charge in [-0.3, -0.25) is 9.79 Å². The first-order chi connectivity index (χ1) is 14.9. The van der Waals surface area contributed by atoms with Gasteiger partial charge in [0.15, 0.2) is 0 Å². The highest BCUT2D eigenvalue weighted by Crippen LogP contribution is 2.35. The molecule has 2 heterocycles. The van der Waals surface area contributed by atoms with Gasteiger partial charge >= 0.3 is 0 Å². The van der Waals surface area contributed by atoms with Crippen LogP contribution in [0.25, 0.3) is 5.69 Å². The van der Waals surface area contributed by atoms with Crippen molar-refractivity contribution in [2.24, 2.45) is 4.99 Å². The third kappa shape index (κ3) is 4.01. The number of ether oxygens (including phenoxy) is 1. The largest absolute Gasteiger partial charge is 0.381 e. The molecule has 1 aliphatic rings. The van der Waals surface area contributed by atoms with Crippen molar-refractivity contribution < 1.29 is 13.5 Å². The highest BCUT2D eigenvalue weighted by Gasteiger charge is 2.27. The third-order valence-electron chi connectivity index (χ3n) is 4.94. The molecule has 4 rings (SSSR count). The molecule has 160 valence electrons. The number of hydrogen-bond donors (Lipinski definition) is 0. The molecule has 1 aliphatic heterocycles. The fraction of sp³-hybridized carbons (Fsp3) is 0.227. The molecule has 0 aliphatic carbocycles. The average molecular weight is 464 g/mol. The molecular weight excluding hydrogens is 447 g/mol. The van der Waals surface area contributed by atoms with Crippen molar-refractivity contribution in [3.8, 4) is 5.69 Å². The van der Waals surface area contributed by atoms with Gasteiger partial charge < -0.3 is 9.30 Å². The predicted octanol–water partition coefficient (Wildman–Crippen LogP) is 4.75. The Morgan fingerprint density at radius 2 is 1.87 bits per heavy atom. The minimum Gasteiger partial charge on any atom is -0.381 e. The van der Waals surface area contributed by atoms with Gasteiger partial charge in [0.25, 0.3) is 5.56 Å². The Hall–Kier alpha value is -2.61. The lowest BCUT2D eigenvalue weighted by Gasteiger charge is -2.17. The molecule has 0 spiro atoms. The number of nitrogens with zero attached hydrogens (tertiary/aromatic N) is 3. The topological polar surface area (TPSA) is 56.5 Å². The van der Waals surface area contributed by atoms with Crippen molar-refractivity contribution in [3.05, 3.63) is 91.1 Å². The van der Waals surface area contributed by atoms with Crippen LogP contribution in [0.15, 0.2) is 46.3 Å². The van der Waals surface area contributed by atoms with E-state index in [1.54, 1.807) is 22.9 Å². The molecule has 0 saturated carbocycles. The molecule has 0 unspecified atom stereocenters. The summed E-state index contributed by atoms with van der Waals surface area (Å²) in [7, 11) is 0. The van der Waals surface area contributed by atoms with Gasteiger partial charge in [0.1, 0.15) is 17.5 Å². The van der Waals surface area contributed by atoms with Crippen LogP contribution in [0.4, 0.5) is 8.78 Å². The fourth-order valence-electron chi connectivity index (χ4n) is 3.47. The van der Waals surface area contributed by atoms with Crippen molar-refractivity contribution in [2.75, 3.05) is 13.2 Å². The summed E-state index contributed by atoms with van der Waals surface area (Å²) in [5.74, 6) is -1.25. The number of halogens is 4. The summed E-state index contributed by atoms with van der Waals surface area (Å²) in [6, 6.07) is 6.79. The van der Waals surface area contributed by atoms with Crippen LogP contribution in [0.2, 0.25) is 10.0 Å². The number of rotatable bonds is 5. The molecule has 0 amide bonds. The van der Waals surface area contributed by atoms with Gasteiger partial charge in [0, 0.05) is 30.4 Å². The molecule has 0 atom stereocenters. The Bertz CT molecular complexity index is 1240. The smallest absolute Gasteiger partial charge is 0.276 e. The first kappa shape index (κ1) is 21.6. The van der Waals surface area contributed by atoms with Crippen LogP contribution in [-0.2, 0) is 17.7 Å². The molecule has 9 heteroatoms. The summed E-state index contributed by atoms with van der Waals surface area (Å²) in [5.41, 5.74) is 0.455. The maximum absolute atomic E-state index is 14.6. The van der Waals surface area contributed by atoms with Crippen molar-refractivity contribution >= 4 is 28.9 Å². The van der Waals surface area contributed by atoms with Gasteiger partial charge in [-0.1, -0.05) is 29.3 Å². The van der Waals surface area contributed by atoms with E-state index >= 15 is 0 Å². The Balaban J connectivity index is 1.96. The quantitative estimate of drug-likeness (QED) is 0.513. The van der Waals surface area contributed by atoms with Crippen molar-refractivity contribution in [3.63, 3.8) is 0 Å². The van der Waals surface area contributed by atoms with Crippen molar-refractivity contribution in [1.82, 2.24) is 9.55 Å². The van der Waals surface area contributed by atoms with Crippen LogP contribution in [0.1, 0.15) is 29.4 Å². The third-order valence-corrected chi connectivity index (χ3v) is 5.74. The zero-order chi connectivity index (χ0) is 22.1. The van der Waals surface area contributed by atoms with E-state index in [4.69, 9.17) is 27.9 Å².